The van der Waals surface area contributed by atoms with E-state index in [2.05, 4.69) is 168 Å². The lowest BCUT2D eigenvalue weighted by Gasteiger charge is -2.25. The van der Waals surface area contributed by atoms with Crippen LogP contribution >= 0.6 is 0 Å². The molecule has 4 heteroatoms. The van der Waals surface area contributed by atoms with Crippen molar-refractivity contribution in [3.63, 3.8) is 0 Å². The zero-order valence-electron chi connectivity index (χ0n) is 32.5. The Kier molecular flexibility index (Phi) is 7.41. The van der Waals surface area contributed by atoms with Crippen LogP contribution in [-0.2, 0) is 5.41 Å². The van der Waals surface area contributed by atoms with Crippen LogP contribution < -0.4 is 0 Å². The molecule has 0 aliphatic heterocycles. The van der Waals surface area contributed by atoms with Crippen molar-refractivity contribution in [2.75, 3.05) is 0 Å². The summed E-state index contributed by atoms with van der Waals surface area (Å²) >= 11 is 0. The van der Waals surface area contributed by atoms with Gasteiger partial charge < -0.3 is 8.83 Å². The van der Waals surface area contributed by atoms with Crippen molar-refractivity contribution in [2.24, 2.45) is 0 Å². The van der Waals surface area contributed by atoms with Gasteiger partial charge in [0.25, 0.3) is 0 Å². The molecule has 0 aliphatic carbocycles. The van der Waals surface area contributed by atoms with Gasteiger partial charge in [0, 0.05) is 26.9 Å². The van der Waals surface area contributed by atoms with Crippen LogP contribution in [0.25, 0.3) is 93.9 Å². The number of hydrogen-bond donors (Lipinski definition) is 0. The highest BCUT2D eigenvalue weighted by molar-refractivity contribution is 6.17. The SMILES string of the molecule is CC(C)c1cc(-c2ccccc2)cc(C(C)C)c1-n1c(-c2cccc3c2oc2cc4c(cc23)oc2ccccc24)nc2ccc3ccc(C(C)(C)C)cc3c21. The molecule has 0 bridgehead atoms. The van der Waals surface area contributed by atoms with Crippen molar-refractivity contribution in [3.05, 3.63) is 144 Å². The van der Waals surface area contributed by atoms with Crippen LogP contribution in [-0.4, -0.2) is 9.55 Å². The minimum absolute atomic E-state index is 0.0159. The van der Waals surface area contributed by atoms with Crippen molar-refractivity contribution in [1.29, 1.82) is 0 Å². The molecule has 10 rings (SSSR count). The molecule has 0 aliphatic rings. The molecule has 0 unspecified atom stereocenters. The van der Waals surface area contributed by atoms with E-state index in [0.717, 1.165) is 66.3 Å². The maximum absolute atomic E-state index is 6.94. The molecule has 0 fully saturated rings. The average Bonchev–Trinajstić information content (AvgIpc) is 3.87. The number of furan rings is 2. The van der Waals surface area contributed by atoms with Crippen molar-refractivity contribution in [1.82, 2.24) is 9.55 Å². The second-order valence-electron chi connectivity index (χ2n) is 16.8. The van der Waals surface area contributed by atoms with E-state index < -0.39 is 0 Å². The zero-order valence-corrected chi connectivity index (χ0v) is 32.5. The summed E-state index contributed by atoms with van der Waals surface area (Å²) in [4.78, 5) is 5.57. The molecule has 0 N–H and O–H groups in total. The molecule has 3 heterocycles. The Morgan fingerprint density at radius 2 is 1.20 bits per heavy atom. The third-order valence-corrected chi connectivity index (χ3v) is 11.5. The molecule has 55 heavy (non-hydrogen) atoms. The number of hydrogen-bond acceptors (Lipinski definition) is 3. The summed E-state index contributed by atoms with van der Waals surface area (Å²) in [5.74, 6) is 1.36. The largest absolute Gasteiger partial charge is 0.456 e. The maximum Gasteiger partial charge on any atom is 0.149 e. The summed E-state index contributed by atoms with van der Waals surface area (Å²) in [6, 6.07) is 45.9. The number of imidazole rings is 1. The molecule has 0 saturated carbocycles. The molecular formula is C51H44N2O2. The van der Waals surface area contributed by atoms with Crippen LogP contribution in [0.15, 0.2) is 136 Å². The van der Waals surface area contributed by atoms with Crippen LogP contribution in [0.3, 0.4) is 0 Å². The van der Waals surface area contributed by atoms with Gasteiger partial charge in [0.15, 0.2) is 0 Å². The Morgan fingerprint density at radius 1 is 0.545 bits per heavy atom. The summed E-state index contributed by atoms with van der Waals surface area (Å²) < 4.78 is 15.8. The van der Waals surface area contributed by atoms with Crippen LogP contribution in [0.5, 0.6) is 0 Å². The number of fused-ring (bicyclic) bond motifs is 9. The van der Waals surface area contributed by atoms with E-state index in [-0.39, 0.29) is 17.3 Å². The molecular weight excluding hydrogens is 673 g/mol. The van der Waals surface area contributed by atoms with Gasteiger partial charge in [0.05, 0.1) is 22.3 Å². The summed E-state index contributed by atoms with van der Waals surface area (Å²) in [5.41, 5.74) is 14.0. The van der Waals surface area contributed by atoms with Gasteiger partial charge in [0.1, 0.15) is 28.2 Å². The van der Waals surface area contributed by atoms with E-state index >= 15 is 0 Å². The summed E-state index contributed by atoms with van der Waals surface area (Å²) in [6.07, 6.45) is 0. The van der Waals surface area contributed by atoms with E-state index in [1.807, 2.05) is 12.1 Å². The number of benzene rings is 7. The van der Waals surface area contributed by atoms with E-state index in [0.29, 0.717) is 0 Å². The van der Waals surface area contributed by atoms with Gasteiger partial charge in [-0.2, -0.15) is 0 Å². The highest BCUT2D eigenvalue weighted by atomic mass is 16.3. The Morgan fingerprint density at radius 3 is 1.93 bits per heavy atom. The van der Waals surface area contributed by atoms with Crippen LogP contribution in [0.2, 0.25) is 0 Å². The van der Waals surface area contributed by atoms with E-state index in [1.54, 1.807) is 0 Å². The monoisotopic (exact) mass is 716 g/mol. The number of para-hydroxylation sites is 2. The number of nitrogens with zero attached hydrogens (tertiary/aromatic N) is 2. The Bertz CT molecular complexity index is 3100. The number of aromatic nitrogens is 2. The second kappa shape index (κ2) is 12.2. The normalized spacial score (nSPS) is 12.6. The van der Waals surface area contributed by atoms with Gasteiger partial charge in [-0.05, 0) is 99.0 Å². The first-order valence-electron chi connectivity index (χ1n) is 19.5. The molecule has 7 aromatic carbocycles. The van der Waals surface area contributed by atoms with Crippen molar-refractivity contribution >= 4 is 65.7 Å². The molecule has 270 valence electrons. The summed E-state index contributed by atoms with van der Waals surface area (Å²) in [7, 11) is 0. The lowest BCUT2D eigenvalue weighted by molar-refractivity contribution is 0.591. The molecule has 0 atom stereocenters. The first kappa shape index (κ1) is 33.4. The fraction of sp³-hybridized carbons (Fsp3) is 0.196. The van der Waals surface area contributed by atoms with Crippen LogP contribution in [0, 0.1) is 0 Å². The predicted octanol–water partition coefficient (Wildman–Crippen LogP) is 14.9. The van der Waals surface area contributed by atoms with Gasteiger partial charge in [-0.15, -0.1) is 0 Å². The van der Waals surface area contributed by atoms with Gasteiger partial charge in [-0.1, -0.05) is 127 Å². The predicted molar refractivity (Wildman–Crippen MR) is 231 cm³/mol. The Labute approximate surface area is 321 Å². The van der Waals surface area contributed by atoms with Crippen molar-refractivity contribution < 1.29 is 8.83 Å². The molecule has 0 saturated heterocycles. The number of rotatable bonds is 5. The summed E-state index contributed by atoms with van der Waals surface area (Å²) in [6.45, 7) is 16.1. The topological polar surface area (TPSA) is 44.1 Å². The lowest BCUT2D eigenvalue weighted by Crippen LogP contribution is -2.11. The fourth-order valence-corrected chi connectivity index (χ4v) is 8.56. The van der Waals surface area contributed by atoms with E-state index in [4.69, 9.17) is 13.8 Å². The van der Waals surface area contributed by atoms with Crippen molar-refractivity contribution in [3.8, 4) is 28.2 Å². The fourth-order valence-electron chi connectivity index (χ4n) is 8.56. The van der Waals surface area contributed by atoms with Crippen LogP contribution in [0.4, 0.5) is 0 Å². The quantitative estimate of drug-likeness (QED) is 0.178. The smallest absolute Gasteiger partial charge is 0.149 e. The summed E-state index contributed by atoms with van der Waals surface area (Å²) in [5, 5.41) is 6.61. The first-order valence-corrected chi connectivity index (χ1v) is 19.5. The average molecular weight is 717 g/mol. The Hall–Kier alpha value is -6.13. The van der Waals surface area contributed by atoms with E-state index in [9.17, 15) is 0 Å². The Balaban J connectivity index is 1.34. The highest BCUT2D eigenvalue weighted by Gasteiger charge is 2.27. The minimum Gasteiger partial charge on any atom is -0.456 e. The van der Waals surface area contributed by atoms with Gasteiger partial charge in [0.2, 0.25) is 0 Å². The highest BCUT2D eigenvalue weighted by Crippen LogP contribution is 2.45. The third-order valence-electron chi connectivity index (χ3n) is 11.5. The first-order chi connectivity index (χ1) is 26.5. The third kappa shape index (κ3) is 5.22. The molecule has 0 spiro atoms. The van der Waals surface area contributed by atoms with Gasteiger partial charge in [-0.3, -0.25) is 4.57 Å². The maximum atomic E-state index is 6.94. The lowest BCUT2D eigenvalue weighted by atomic mass is 9.85. The molecule has 10 aromatic rings. The standard InChI is InChI=1S/C51H44N2O2/c1-29(2)38-24-33(31-14-9-8-10-15-31)25-39(30(3)4)47(38)53-48-40-26-34(51(5,6)7)22-20-32(40)21-23-43(48)52-50(53)37-18-13-17-36-42-28-45-41(27-46(42)55-49(36)37)35-16-11-12-19-44(35)54-45/h8-30H,1-7H3. The minimum atomic E-state index is -0.0159. The van der Waals surface area contributed by atoms with Crippen molar-refractivity contribution in [2.45, 2.75) is 65.7 Å². The second-order valence-corrected chi connectivity index (χ2v) is 16.8. The molecule has 3 aromatic heterocycles. The van der Waals surface area contributed by atoms with Crippen LogP contribution in [0.1, 0.15) is 77.0 Å². The molecule has 0 amide bonds. The van der Waals surface area contributed by atoms with Gasteiger partial charge in [-0.25, -0.2) is 4.98 Å². The molecule has 4 nitrogen and oxygen atoms in total. The molecule has 0 radical (unpaired) electrons. The zero-order chi connectivity index (χ0) is 37.7. The van der Waals surface area contributed by atoms with E-state index in [1.165, 1.54) is 44.3 Å². The van der Waals surface area contributed by atoms with Gasteiger partial charge >= 0.3 is 0 Å².